The molecule has 1 aliphatic heterocycles. The topological polar surface area (TPSA) is 46.4 Å². The van der Waals surface area contributed by atoms with Crippen molar-refractivity contribution in [1.82, 2.24) is 5.32 Å². The van der Waals surface area contributed by atoms with E-state index in [1.54, 1.807) is 12.5 Å². The number of hydrogen-bond acceptors (Lipinski definition) is 4. The number of benzene rings is 1. The van der Waals surface area contributed by atoms with Crippen molar-refractivity contribution < 1.29 is 9.15 Å². The Morgan fingerprint density at radius 2 is 2.22 bits per heavy atom. The molecule has 0 radical (unpaired) electrons. The first kappa shape index (κ1) is 11.2. The van der Waals surface area contributed by atoms with Gasteiger partial charge in [0, 0.05) is 30.8 Å². The number of fused-ring (bicyclic) bond motifs is 1. The fraction of sp³-hybridized carbons (Fsp3) is 0.286. The lowest BCUT2D eigenvalue weighted by Crippen LogP contribution is -2.20. The second-order valence-electron chi connectivity index (χ2n) is 4.30. The predicted molar refractivity (Wildman–Crippen MR) is 69.7 cm³/mol. The summed E-state index contributed by atoms with van der Waals surface area (Å²) in [4.78, 5) is 0. The van der Waals surface area contributed by atoms with Crippen LogP contribution in [0.2, 0.25) is 0 Å². The first-order valence-electron chi connectivity index (χ1n) is 6.14. The Labute approximate surface area is 106 Å². The summed E-state index contributed by atoms with van der Waals surface area (Å²) in [7, 11) is 0. The minimum Gasteiger partial charge on any atom is -0.489 e. The maximum Gasteiger partial charge on any atom is 0.146 e. The van der Waals surface area contributed by atoms with Crippen LogP contribution in [0.5, 0.6) is 5.75 Å². The number of furan rings is 1. The standard InChI is InChI=1S/C14H16N2O2/c1-2-12(9-15-8-11-4-6-17-10-11)14-13(3-1)16-5-7-18-14/h1-4,6,10,15-16H,5,7-9H2. The Morgan fingerprint density at radius 1 is 1.22 bits per heavy atom. The lowest BCUT2D eigenvalue weighted by atomic mass is 10.1. The first-order valence-corrected chi connectivity index (χ1v) is 6.14. The maximum atomic E-state index is 5.72. The van der Waals surface area contributed by atoms with Crippen LogP contribution in [0.4, 0.5) is 5.69 Å². The number of ether oxygens (including phenoxy) is 1. The quantitative estimate of drug-likeness (QED) is 0.866. The molecule has 0 fully saturated rings. The molecule has 2 aromatic rings. The van der Waals surface area contributed by atoms with Crippen LogP contribution in [-0.4, -0.2) is 13.2 Å². The molecule has 18 heavy (non-hydrogen) atoms. The van der Waals surface area contributed by atoms with E-state index in [9.17, 15) is 0 Å². The summed E-state index contributed by atoms with van der Waals surface area (Å²) < 4.78 is 10.8. The third kappa shape index (κ3) is 2.33. The van der Waals surface area contributed by atoms with E-state index < -0.39 is 0 Å². The van der Waals surface area contributed by atoms with Crippen molar-refractivity contribution in [3.05, 3.63) is 47.9 Å². The lowest BCUT2D eigenvalue weighted by Gasteiger charge is -2.21. The molecule has 0 spiro atoms. The van der Waals surface area contributed by atoms with Crippen molar-refractivity contribution in [3.8, 4) is 5.75 Å². The van der Waals surface area contributed by atoms with Crippen molar-refractivity contribution >= 4 is 5.69 Å². The molecule has 0 saturated carbocycles. The highest BCUT2D eigenvalue weighted by molar-refractivity contribution is 5.61. The molecule has 2 heterocycles. The van der Waals surface area contributed by atoms with Crippen molar-refractivity contribution in [2.24, 2.45) is 0 Å². The van der Waals surface area contributed by atoms with E-state index in [-0.39, 0.29) is 0 Å². The predicted octanol–water partition coefficient (Wildman–Crippen LogP) is 2.37. The monoisotopic (exact) mass is 244 g/mol. The van der Waals surface area contributed by atoms with Gasteiger partial charge in [-0.2, -0.15) is 0 Å². The molecule has 4 heteroatoms. The van der Waals surface area contributed by atoms with Gasteiger partial charge in [-0.25, -0.2) is 0 Å². The largest absolute Gasteiger partial charge is 0.489 e. The summed E-state index contributed by atoms with van der Waals surface area (Å²) in [6.45, 7) is 3.19. The number of rotatable bonds is 4. The van der Waals surface area contributed by atoms with Crippen LogP contribution in [0.3, 0.4) is 0 Å². The number of anilines is 1. The Bertz CT molecular complexity index is 509. The molecule has 3 rings (SSSR count). The molecule has 1 aliphatic rings. The Hall–Kier alpha value is -1.94. The third-order valence-electron chi connectivity index (χ3n) is 2.99. The van der Waals surface area contributed by atoms with E-state index in [1.807, 2.05) is 12.1 Å². The third-order valence-corrected chi connectivity index (χ3v) is 2.99. The van der Waals surface area contributed by atoms with Gasteiger partial charge in [0.2, 0.25) is 0 Å². The van der Waals surface area contributed by atoms with E-state index in [0.717, 1.165) is 43.2 Å². The molecule has 0 unspecified atom stereocenters. The minimum absolute atomic E-state index is 0.728. The lowest BCUT2D eigenvalue weighted by molar-refractivity contribution is 0.319. The van der Waals surface area contributed by atoms with Crippen LogP contribution in [0.15, 0.2) is 41.2 Å². The van der Waals surface area contributed by atoms with Gasteiger partial charge in [-0.1, -0.05) is 12.1 Å². The summed E-state index contributed by atoms with van der Waals surface area (Å²) in [5, 5.41) is 6.73. The first-order chi connectivity index (χ1) is 8.93. The molecule has 1 aromatic heterocycles. The van der Waals surface area contributed by atoms with E-state index >= 15 is 0 Å². The van der Waals surface area contributed by atoms with Crippen LogP contribution >= 0.6 is 0 Å². The summed E-state index contributed by atoms with van der Waals surface area (Å²) in [6.07, 6.45) is 3.44. The van der Waals surface area contributed by atoms with Crippen LogP contribution in [-0.2, 0) is 13.1 Å². The van der Waals surface area contributed by atoms with Crippen molar-refractivity contribution in [2.75, 3.05) is 18.5 Å². The van der Waals surface area contributed by atoms with Crippen LogP contribution in [0.25, 0.3) is 0 Å². The fourth-order valence-corrected chi connectivity index (χ4v) is 2.11. The molecular formula is C14H16N2O2. The van der Waals surface area contributed by atoms with Crippen molar-refractivity contribution in [1.29, 1.82) is 0 Å². The second kappa shape index (κ2) is 5.14. The van der Waals surface area contributed by atoms with Crippen LogP contribution < -0.4 is 15.4 Å². The Balaban J connectivity index is 1.65. The summed E-state index contributed by atoms with van der Waals surface area (Å²) >= 11 is 0. The molecule has 0 amide bonds. The van der Waals surface area contributed by atoms with Gasteiger partial charge in [-0.05, 0) is 12.1 Å². The zero-order chi connectivity index (χ0) is 12.2. The average molecular weight is 244 g/mol. The van der Waals surface area contributed by atoms with Crippen LogP contribution in [0.1, 0.15) is 11.1 Å². The van der Waals surface area contributed by atoms with Gasteiger partial charge in [-0.3, -0.25) is 0 Å². The second-order valence-corrected chi connectivity index (χ2v) is 4.30. The maximum absolute atomic E-state index is 5.72. The SMILES string of the molecule is c1cc(CNCc2ccoc2)c2c(c1)NCCO2. The van der Waals surface area contributed by atoms with Gasteiger partial charge in [0.1, 0.15) is 12.4 Å². The number of para-hydroxylation sites is 1. The van der Waals surface area contributed by atoms with Gasteiger partial charge in [0.25, 0.3) is 0 Å². The molecule has 4 nitrogen and oxygen atoms in total. The van der Waals surface area contributed by atoms with Gasteiger partial charge in [0.05, 0.1) is 18.2 Å². The molecule has 0 aliphatic carbocycles. The van der Waals surface area contributed by atoms with Gasteiger partial charge in [-0.15, -0.1) is 0 Å². The Kier molecular flexibility index (Phi) is 3.19. The minimum atomic E-state index is 0.728. The van der Waals surface area contributed by atoms with Gasteiger partial charge >= 0.3 is 0 Å². The van der Waals surface area contributed by atoms with Crippen molar-refractivity contribution in [3.63, 3.8) is 0 Å². The molecule has 94 valence electrons. The van der Waals surface area contributed by atoms with E-state index in [2.05, 4.69) is 22.8 Å². The van der Waals surface area contributed by atoms with E-state index in [4.69, 9.17) is 9.15 Å². The molecule has 1 aromatic carbocycles. The molecule has 2 N–H and O–H groups in total. The highest BCUT2D eigenvalue weighted by atomic mass is 16.5. The zero-order valence-corrected chi connectivity index (χ0v) is 10.1. The molecule has 0 bridgehead atoms. The smallest absolute Gasteiger partial charge is 0.146 e. The summed E-state index contributed by atoms with van der Waals surface area (Å²) in [5.41, 5.74) is 3.42. The molecular weight excluding hydrogens is 228 g/mol. The van der Waals surface area contributed by atoms with Crippen molar-refractivity contribution in [2.45, 2.75) is 13.1 Å². The highest BCUT2D eigenvalue weighted by Crippen LogP contribution is 2.30. The zero-order valence-electron chi connectivity index (χ0n) is 10.1. The summed E-state index contributed by atoms with van der Waals surface area (Å²) in [5.74, 6) is 0.975. The normalized spacial score (nSPS) is 13.6. The van der Waals surface area contributed by atoms with Gasteiger partial charge in [0.15, 0.2) is 0 Å². The number of nitrogens with one attached hydrogen (secondary N) is 2. The average Bonchev–Trinajstić information content (AvgIpc) is 2.92. The summed E-state index contributed by atoms with van der Waals surface area (Å²) in [6, 6.07) is 8.16. The number of hydrogen-bond donors (Lipinski definition) is 2. The molecule has 0 atom stereocenters. The van der Waals surface area contributed by atoms with E-state index in [0.29, 0.717) is 0 Å². The van der Waals surface area contributed by atoms with Crippen LogP contribution in [0, 0.1) is 0 Å². The fourth-order valence-electron chi connectivity index (χ4n) is 2.11. The Morgan fingerprint density at radius 3 is 3.11 bits per heavy atom. The van der Waals surface area contributed by atoms with Gasteiger partial charge < -0.3 is 19.8 Å². The molecule has 0 saturated heterocycles. The highest BCUT2D eigenvalue weighted by Gasteiger charge is 2.13. The van der Waals surface area contributed by atoms with E-state index in [1.165, 1.54) is 5.56 Å².